The van der Waals surface area contributed by atoms with E-state index >= 15 is 0 Å². The Kier molecular flexibility index (Phi) is 5.50. The van der Waals surface area contributed by atoms with Crippen molar-refractivity contribution in [2.45, 2.75) is 38.9 Å². The van der Waals surface area contributed by atoms with Gasteiger partial charge in [-0.1, -0.05) is 11.2 Å². The summed E-state index contributed by atoms with van der Waals surface area (Å²) in [6, 6.07) is 5.56. The Bertz CT molecular complexity index is 816. The number of amides is 2. The topological polar surface area (TPSA) is 75.9 Å². The van der Waals surface area contributed by atoms with E-state index in [0.29, 0.717) is 50.5 Å². The lowest BCUT2D eigenvalue weighted by atomic mass is 9.94. The zero-order valence-corrected chi connectivity index (χ0v) is 17.0. The molecular weight excluding hydrogens is 378 g/mol. The van der Waals surface area contributed by atoms with E-state index < -0.39 is 0 Å². The number of hydrogen-bond donors (Lipinski definition) is 0. The summed E-state index contributed by atoms with van der Waals surface area (Å²) in [7, 11) is 0. The Balaban J connectivity index is 1.34. The molecule has 2 unspecified atom stereocenters. The average molecular weight is 404 g/mol. The molecule has 0 saturated carbocycles. The second-order valence-electron chi connectivity index (χ2n) is 7.62. The van der Waals surface area contributed by atoms with Gasteiger partial charge >= 0.3 is 0 Å². The molecule has 7 nitrogen and oxygen atoms in total. The van der Waals surface area contributed by atoms with E-state index in [1.165, 1.54) is 0 Å². The molecule has 4 heterocycles. The van der Waals surface area contributed by atoms with Crippen LogP contribution in [0.25, 0.3) is 10.6 Å². The predicted octanol–water partition coefficient (Wildman–Crippen LogP) is 2.89. The second kappa shape index (κ2) is 8.05. The predicted molar refractivity (Wildman–Crippen MR) is 105 cm³/mol. The highest BCUT2D eigenvalue weighted by molar-refractivity contribution is 7.13. The van der Waals surface area contributed by atoms with Crippen LogP contribution in [0.15, 0.2) is 28.1 Å². The van der Waals surface area contributed by atoms with Crippen LogP contribution in [0.4, 0.5) is 0 Å². The van der Waals surface area contributed by atoms with Crippen molar-refractivity contribution < 1.29 is 18.8 Å². The molecule has 2 fully saturated rings. The summed E-state index contributed by atoms with van der Waals surface area (Å²) in [5.41, 5.74) is 0.323. The monoisotopic (exact) mass is 403 g/mol. The van der Waals surface area contributed by atoms with Gasteiger partial charge in [-0.15, -0.1) is 11.3 Å². The Morgan fingerprint density at radius 2 is 1.86 bits per heavy atom. The highest BCUT2D eigenvalue weighted by Crippen LogP contribution is 2.27. The van der Waals surface area contributed by atoms with Crippen molar-refractivity contribution in [2.24, 2.45) is 5.92 Å². The van der Waals surface area contributed by atoms with Crippen molar-refractivity contribution in [1.82, 2.24) is 15.0 Å². The standard InChI is InChI=1S/C20H25N3O4S/c1-13-11-23(12-14(2)26-13)19(24)15-5-7-22(8-6-15)20(25)16-10-17(27-21-16)18-4-3-9-28-18/h3-4,9-10,13-15H,5-8,11-12H2,1-2H3. The van der Waals surface area contributed by atoms with Gasteiger partial charge in [0.15, 0.2) is 11.5 Å². The summed E-state index contributed by atoms with van der Waals surface area (Å²) >= 11 is 1.54. The van der Waals surface area contributed by atoms with Crippen LogP contribution in [0.3, 0.4) is 0 Å². The number of morpholine rings is 1. The molecular formula is C20H25N3O4S. The Morgan fingerprint density at radius 1 is 1.14 bits per heavy atom. The Morgan fingerprint density at radius 3 is 2.50 bits per heavy atom. The molecule has 0 radical (unpaired) electrons. The first kappa shape index (κ1) is 19.1. The summed E-state index contributed by atoms with van der Waals surface area (Å²) in [5, 5.41) is 5.90. The van der Waals surface area contributed by atoms with Gasteiger partial charge in [-0.3, -0.25) is 9.59 Å². The lowest BCUT2D eigenvalue weighted by Gasteiger charge is -2.39. The van der Waals surface area contributed by atoms with Crippen LogP contribution in [0.1, 0.15) is 37.2 Å². The summed E-state index contributed by atoms with van der Waals surface area (Å²) in [6.45, 7) is 6.41. The van der Waals surface area contributed by atoms with Crippen LogP contribution in [0.2, 0.25) is 0 Å². The molecule has 2 saturated heterocycles. The van der Waals surface area contributed by atoms with E-state index in [-0.39, 0.29) is 29.9 Å². The molecule has 2 atom stereocenters. The van der Waals surface area contributed by atoms with Gasteiger partial charge in [0.2, 0.25) is 5.91 Å². The number of carbonyl (C=O) groups is 2. The number of thiophene rings is 1. The average Bonchev–Trinajstić information content (AvgIpc) is 3.38. The van der Waals surface area contributed by atoms with E-state index in [1.807, 2.05) is 36.3 Å². The summed E-state index contributed by atoms with van der Waals surface area (Å²) in [6.07, 6.45) is 1.50. The SMILES string of the molecule is CC1CN(C(=O)C2CCN(C(=O)c3cc(-c4cccs4)on3)CC2)CC(C)O1. The fraction of sp³-hybridized carbons (Fsp3) is 0.550. The number of piperidine rings is 1. The molecule has 28 heavy (non-hydrogen) atoms. The summed E-state index contributed by atoms with van der Waals surface area (Å²) < 4.78 is 11.0. The highest BCUT2D eigenvalue weighted by atomic mass is 32.1. The van der Waals surface area contributed by atoms with Crippen molar-refractivity contribution in [2.75, 3.05) is 26.2 Å². The highest BCUT2D eigenvalue weighted by Gasteiger charge is 2.34. The van der Waals surface area contributed by atoms with Crippen molar-refractivity contribution >= 4 is 23.2 Å². The van der Waals surface area contributed by atoms with Crippen LogP contribution in [0.5, 0.6) is 0 Å². The zero-order valence-electron chi connectivity index (χ0n) is 16.2. The van der Waals surface area contributed by atoms with E-state index in [0.717, 1.165) is 4.88 Å². The lowest BCUT2D eigenvalue weighted by Crippen LogP contribution is -2.51. The summed E-state index contributed by atoms with van der Waals surface area (Å²) in [5.74, 6) is 0.640. The minimum absolute atomic E-state index is 0.0273. The first-order chi connectivity index (χ1) is 13.5. The van der Waals surface area contributed by atoms with Crippen molar-refractivity contribution in [3.63, 3.8) is 0 Å². The third kappa shape index (κ3) is 3.98. The van der Waals surface area contributed by atoms with Crippen molar-refractivity contribution in [1.29, 1.82) is 0 Å². The number of carbonyl (C=O) groups excluding carboxylic acids is 2. The molecule has 150 valence electrons. The van der Waals surface area contributed by atoms with Crippen LogP contribution in [-0.2, 0) is 9.53 Å². The molecule has 2 aromatic heterocycles. The third-order valence-corrected chi connectivity index (χ3v) is 6.24. The lowest BCUT2D eigenvalue weighted by molar-refractivity contribution is -0.148. The quantitative estimate of drug-likeness (QED) is 0.788. The van der Waals surface area contributed by atoms with Gasteiger partial charge in [0.25, 0.3) is 5.91 Å². The van der Waals surface area contributed by atoms with Crippen LogP contribution in [0, 0.1) is 5.92 Å². The molecule has 2 amide bonds. The first-order valence-electron chi connectivity index (χ1n) is 9.75. The second-order valence-corrected chi connectivity index (χ2v) is 8.57. The zero-order chi connectivity index (χ0) is 19.7. The van der Waals surface area contributed by atoms with Crippen LogP contribution < -0.4 is 0 Å². The van der Waals surface area contributed by atoms with Gasteiger partial charge < -0.3 is 19.1 Å². The van der Waals surface area contributed by atoms with E-state index in [9.17, 15) is 9.59 Å². The number of nitrogens with zero attached hydrogens (tertiary/aromatic N) is 3. The third-order valence-electron chi connectivity index (χ3n) is 5.36. The Hall–Kier alpha value is -2.19. The van der Waals surface area contributed by atoms with Gasteiger partial charge in [0.05, 0.1) is 17.1 Å². The van der Waals surface area contributed by atoms with Gasteiger partial charge in [-0.2, -0.15) is 0 Å². The molecule has 0 N–H and O–H groups in total. The van der Waals surface area contributed by atoms with Crippen molar-refractivity contribution in [3.8, 4) is 10.6 Å². The molecule has 0 spiro atoms. The van der Waals surface area contributed by atoms with Gasteiger partial charge in [0, 0.05) is 38.2 Å². The molecule has 8 heteroatoms. The number of hydrogen-bond acceptors (Lipinski definition) is 6. The molecule has 2 aliphatic rings. The smallest absolute Gasteiger partial charge is 0.276 e. The number of rotatable bonds is 3. The Labute approximate surface area is 168 Å². The first-order valence-corrected chi connectivity index (χ1v) is 10.6. The molecule has 2 aromatic rings. The molecule has 2 aliphatic heterocycles. The van der Waals surface area contributed by atoms with E-state index in [1.54, 1.807) is 22.3 Å². The van der Waals surface area contributed by atoms with Crippen molar-refractivity contribution in [3.05, 3.63) is 29.3 Å². The largest absolute Gasteiger partial charge is 0.372 e. The molecule has 4 rings (SSSR count). The number of aromatic nitrogens is 1. The van der Waals surface area contributed by atoms with E-state index in [2.05, 4.69) is 5.16 Å². The van der Waals surface area contributed by atoms with E-state index in [4.69, 9.17) is 9.26 Å². The molecule has 0 aliphatic carbocycles. The fourth-order valence-corrected chi connectivity index (χ4v) is 4.69. The molecule has 0 aromatic carbocycles. The normalized spacial score (nSPS) is 23.8. The minimum atomic E-state index is -0.133. The van der Waals surface area contributed by atoms with Crippen LogP contribution >= 0.6 is 11.3 Å². The molecule has 0 bridgehead atoms. The number of likely N-dealkylation sites (tertiary alicyclic amines) is 1. The minimum Gasteiger partial charge on any atom is -0.372 e. The maximum atomic E-state index is 12.9. The maximum Gasteiger partial charge on any atom is 0.276 e. The number of ether oxygens (including phenoxy) is 1. The summed E-state index contributed by atoms with van der Waals surface area (Å²) in [4.78, 5) is 30.2. The maximum absolute atomic E-state index is 12.9. The fourth-order valence-electron chi connectivity index (χ4n) is 4.02. The van der Waals surface area contributed by atoms with Gasteiger partial charge in [-0.05, 0) is 38.1 Å². The van der Waals surface area contributed by atoms with Gasteiger partial charge in [0.1, 0.15) is 0 Å². The van der Waals surface area contributed by atoms with Gasteiger partial charge in [-0.25, -0.2) is 0 Å². The van der Waals surface area contributed by atoms with Crippen LogP contribution in [-0.4, -0.2) is 65.2 Å².